The number of esters is 1. The molecule has 8 heteroatoms. The summed E-state index contributed by atoms with van der Waals surface area (Å²) in [6.45, 7) is 0.0104. The summed E-state index contributed by atoms with van der Waals surface area (Å²) in [4.78, 5) is 47.7. The Morgan fingerprint density at radius 3 is 2.20 bits per heavy atom. The average Bonchev–Trinajstić information content (AvgIpc) is 2.85. The minimum Gasteiger partial charge on any atom is -0.426 e. The normalized spacial score (nSPS) is 22.6. The number of carbonyl (C=O) groups excluding carboxylic acids is 3. The Hall–Kier alpha value is -2.77. The van der Waals surface area contributed by atoms with E-state index in [4.69, 9.17) is 4.74 Å². The maximum atomic E-state index is 12.3. The van der Waals surface area contributed by atoms with Gasteiger partial charge in [0.15, 0.2) is 0 Å². The molecule has 1 aliphatic heterocycles. The molecular formula is C17H18N2O6. The number of carbonyl (C=O) groups is 3. The first kappa shape index (κ1) is 17.1. The molecule has 2 atom stereocenters. The van der Waals surface area contributed by atoms with Crippen LogP contribution in [0.5, 0.6) is 5.75 Å². The molecule has 132 valence electrons. The number of fused-ring (bicyclic) bond motifs is 1. The van der Waals surface area contributed by atoms with Crippen molar-refractivity contribution in [2.45, 2.75) is 32.1 Å². The molecule has 0 bridgehead atoms. The highest BCUT2D eigenvalue weighted by Gasteiger charge is 2.47. The molecule has 2 aliphatic rings. The molecule has 1 heterocycles. The molecule has 0 unspecified atom stereocenters. The zero-order valence-corrected chi connectivity index (χ0v) is 13.6. The van der Waals surface area contributed by atoms with Crippen LogP contribution in [0.2, 0.25) is 0 Å². The predicted molar refractivity (Wildman–Crippen MR) is 85.5 cm³/mol. The highest BCUT2D eigenvalue weighted by Crippen LogP contribution is 2.38. The molecule has 0 radical (unpaired) electrons. The zero-order valence-electron chi connectivity index (χ0n) is 13.6. The standard InChI is InChI=1S/C17H18N2O6/c20-15(25-12-7-5-11(6-8-12)19(23)24)9-10-18-16(21)13-3-1-2-4-14(13)17(18)22/h5-8,13-14H,1-4,9-10H2/t13-,14-/m0/s1. The molecule has 1 aromatic carbocycles. The molecule has 1 aliphatic carbocycles. The van der Waals surface area contributed by atoms with E-state index in [0.29, 0.717) is 0 Å². The number of amides is 2. The van der Waals surface area contributed by atoms with Crippen LogP contribution >= 0.6 is 0 Å². The van der Waals surface area contributed by atoms with E-state index >= 15 is 0 Å². The molecule has 3 rings (SSSR count). The average molecular weight is 346 g/mol. The molecule has 2 amide bonds. The van der Waals surface area contributed by atoms with Crippen LogP contribution in [0.3, 0.4) is 0 Å². The molecule has 1 saturated carbocycles. The van der Waals surface area contributed by atoms with Gasteiger partial charge in [0, 0.05) is 18.7 Å². The lowest BCUT2D eigenvalue weighted by Crippen LogP contribution is -2.33. The van der Waals surface area contributed by atoms with Gasteiger partial charge in [-0.05, 0) is 25.0 Å². The smallest absolute Gasteiger partial charge is 0.312 e. The lowest BCUT2D eigenvalue weighted by atomic mass is 9.81. The van der Waals surface area contributed by atoms with Gasteiger partial charge in [-0.25, -0.2) is 0 Å². The van der Waals surface area contributed by atoms with Crippen molar-refractivity contribution in [3.63, 3.8) is 0 Å². The topological polar surface area (TPSA) is 107 Å². The van der Waals surface area contributed by atoms with Gasteiger partial charge in [0.05, 0.1) is 23.2 Å². The first-order valence-electron chi connectivity index (χ1n) is 8.27. The highest BCUT2D eigenvalue weighted by atomic mass is 16.6. The number of imide groups is 1. The minimum absolute atomic E-state index is 0.0104. The maximum Gasteiger partial charge on any atom is 0.312 e. The number of non-ortho nitro benzene ring substituents is 1. The van der Waals surface area contributed by atoms with Gasteiger partial charge in [-0.1, -0.05) is 12.8 Å². The van der Waals surface area contributed by atoms with Crippen LogP contribution in [0, 0.1) is 22.0 Å². The van der Waals surface area contributed by atoms with E-state index in [1.165, 1.54) is 29.2 Å². The lowest BCUT2D eigenvalue weighted by Gasteiger charge is -2.19. The van der Waals surface area contributed by atoms with Gasteiger partial charge >= 0.3 is 5.97 Å². The van der Waals surface area contributed by atoms with Gasteiger partial charge in [0.1, 0.15) is 5.75 Å². The van der Waals surface area contributed by atoms with Gasteiger partial charge < -0.3 is 4.74 Å². The van der Waals surface area contributed by atoms with Gasteiger partial charge in [-0.2, -0.15) is 0 Å². The minimum atomic E-state index is -0.593. The summed E-state index contributed by atoms with van der Waals surface area (Å²) in [5, 5.41) is 10.6. The van der Waals surface area contributed by atoms with Crippen molar-refractivity contribution in [1.82, 2.24) is 4.90 Å². The fourth-order valence-corrected chi connectivity index (χ4v) is 3.47. The van der Waals surface area contributed by atoms with Crippen LogP contribution in [0.15, 0.2) is 24.3 Å². The second kappa shape index (κ2) is 7.00. The monoisotopic (exact) mass is 346 g/mol. The predicted octanol–water partition coefficient (Wildman–Crippen LogP) is 2.07. The largest absolute Gasteiger partial charge is 0.426 e. The van der Waals surface area contributed by atoms with Crippen LogP contribution < -0.4 is 4.74 Å². The van der Waals surface area contributed by atoms with E-state index in [9.17, 15) is 24.5 Å². The first-order chi connectivity index (χ1) is 12.0. The number of likely N-dealkylation sites (tertiary alicyclic amines) is 1. The van der Waals surface area contributed by atoms with Gasteiger partial charge in [0.25, 0.3) is 5.69 Å². The lowest BCUT2D eigenvalue weighted by molar-refractivity contribution is -0.384. The van der Waals surface area contributed by atoms with E-state index in [-0.39, 0.29) is 48.1 Å². The molecular weight excluding hydrogens is 328 g/mol. The zero-order chi connectivity index (χ0) is 18.0. The van der Waals surface area contributed by atoms with Crippen molar-refractivity contribution in [1.29, 1.82) is 0 Å². The third-order valence-corrected chi connectivity index (χ3v) is 4.75. The van der Waals surface area contributed by atoms with Gasteiger partial charge in [0.2, 0.25) is 11.8 Å². The number of rotatable bonds is 5. The Bertz CT molecular complexity index is 690. The number of hydrogen-bond donors (Lipinski definition) is 0. The summed E-state index contributed by atoms with van der Waals surface area (Å²) in [5.74, 6) is -1.23. The molecule has 0 spiro atoms. The number of ether oxygens (including phenoxy) is 1. The van der Waals surface area contributed by atoms with E-state index in [2.05, 4.69) is 0 Å². The van der Waals surface area contributed by atoms with Crippen molar-refractivity contribution in [3.8, 4) is 5.75 Å². The van der Waals surface area contributed by atoms with Crippen molar-refractivity contribution in [3.05, 3.63) is 34.4 Å². The molecule has 0 N–H and O–H groups in total. The van der Waals surface area contributed by atoms with Crippen LogP contribution in [-0.4, -0.2) is 34.2 Å². The number of benzene rings is 1. The SMILES string of the molecule is O=C(CCN1C(=O)[C@H]2CCCC[C@@H]2C1=O)Oc1ccc([N+](=O)[O-])cc1. The van der Waals surface area contributed by atoms with Crippen LogP contribution in [0.1, 0.15) is 32.1 Å². The van der Waals surface area contributed by atoms with Crippen molar-refractivity contribution < 1.29 is 24.0 Å². The van der Waals surface area contributed by atoms with Crippen LogP contribution in [0.25, 0.3) is 0 Å². The first-order valence-corrected chi connectivity index (χ1v) is 8.27. The molecule has 8 nitrogen and oxygen atoms in total. The summed E-state index contributed by atoms with van der Waals surface area (Å²) in [7, 11) is 0. The van der Waals surface area contributed by atoms with Crippen LogP contribution in [0.4, 0.5) is 5.69 Å². The van der Waals surface area contributed by atoms with E-state index in [1.807, 2.05) is 0 Å². The number of nitro benzene ring substituents is 1. The number of nitrogens with zero attached hydrogens (tertiary/aromatic N) is 2. The fourth-order valence-electron chi connectivity index (χ4n) is 3.47. The maximum absolute atomic E-state index is 12.3. The van der Waals surface area contributed by atoms with E-state index in [1.54, 1.807) is 0 Å². The second-order valence-electron chi connectivity index (χ2n) is 6.30. The van der Waals surface area contributed by atoms with Crippen molar-refractivity contribution in [2.24, 2.45) is 11.8 Å². The highest BCUT2D eigenvalue weighted by molar-refractivity contribution is 6.05. The van der Waals surface area contributed by atoms with Gasteiger partial charge in [-0.15, -0.1) is 0 Å². The second-order valence-corrected chi connectivity index (χ2v) is 6.30. The molecule has 0 aromatic heterocycles. The summed E-state index contributed by atoms with van der Waals surface area (Å²) < 4.78 is 5.09. The summed E-state index contributed by atoms with van der Waals surface area (Å²) in [5.41, 5.74) is -0.101. The Morgan fingerprint density at radius 1 is 1.12 bits per heavy atom. The Morgan fingerprint density at radius 2 is 1.68 bits per heavy atom. The summed E-state index contributed by atoms with van der Waals surface area (Å²) >= 11 is 0. The van der Waals surface area contributed by atoms with E-state index < -0.39 is 10.9 Å². The third-order valence-electron chi connectivity index (χ3n) is 4.75. The van der Waals surface area contributed by atoms with Crippen molar-refractivity contribution >= 4 is 23.5 Å². The van der Waals surface area contributed by atoms with Crippen molar-refractivity contribution in [2.75, 3.05) is 6.54 Å². The quantitative estimate of drug-likeness (QED) is 0.266. The van der Waals surface area contributed by atoms with Crippen LogP contribution in [-0.2, 0) is 14.4 Å². The Kier molecular flexibility index (Phi) is 4.78. The molecule has 1 aromatic rings. The molecule has 2 fully saturated rings. The molecule has 1 saturated heterocycles. The fraction of sp³-hybridized carbons (Fsp3) is 0.471. The van der Waals surface area contributed by atoms with Gasteiger partial charge in [-0.3, -0.25) is 29.4 Å². The van der Waals surface area contributed by atoms with E-state index in [0.717, 1.165) is 25.7 Å². The number of hydrogen-bond acceptors (Lipinski definition) is 6. The summed E-state index contributed by atoms with van der Waals surface area (Å²) in [6.07, 6.45) is 3.28. The molecule has 25 heavy (non-hydrogen) atoms. The number of nitro groups is 1. The summed E-state index contributed by atoms with van der Waals surface area (Å²) in [6, 6.07) is 5.13. The third kappa shape index (κ3) is 3.52. The Labute approximate surface area is 143 Å². The Balaban J connectivity index is 1.54.